The van der Waals surface area contributed by atoms with Gasteiger partial charge in [0, 0.05) is 6.42 Å². The number of fused-ring (bicyclic) bond motifs is 1. The fourth-order valence-corrected chi connectivity index (χ4v) is 2.76. The Labute approximate surface area is 152 Å². The van der Waals surface area contributed by atoms with Gasteiger partial charge in [-0.15, -0.1) is 0 Å². The molecule has 0 aromatic heterocycles. The van der Waals surface area contributed by atoms with E-state index < -0.39 is 20.8 Å². The van der Waals surface area contributed by atoms with Gasteiger partial charge in [0.1, 0.15) is 0 Å². The van der Waals surface area contributed by atoms with Gasteiger partial charge in [-0.2, -0.15) is 0 Å². The van der Waals surface area contributed by atoms with Crippen molar-refractivity contribution in [2.75, 3.05) is 0 Å². The van der Waals surface area contributed by atoms with Crippen molar-refractivity contribution in [1.29, 1.82) is 0 Å². The molecule has 3 heteroatoms. The van der Waals surface area contributed by atoms with Crippen molar-refractivity contribution < 1.29 is 20.8 Å². The molecule has 0 nitrogen and oxygen atoms in total. The molecule has 1 radical (unpaired) electrons. The zero-order valence-corrected chi connectivity index (χ0v) is 16.8. The molecule has 0 atom stereocenters. The Hall–Kier alpha value is -0.357. The first-order valence-corrected chi connectivity index (χ1v) is 13.7. The number of rotatable bonds is 3. The average Bonchev–Trinajstić information content (AvgIpc) is 2.90. The number of benzene rings is 2. The minimum atomic E-state index is -0.826. The standard InChI is InChI=1S/C19H19.2ClH.Zr/c1-14(2)11-15-12-17-9-6-10-18(19(17)13-15)16-7-4-3-5-8-16;;;/h3-10,12-14H,11H2,1-2H3;2*1H;/q;;;+2/p-2. The molecule has 1 aliphatic rings. The van der Waals surface area contributed by atoms with Crippen molar-refractivity contribution in [2.24, 2.45) is 5.92 Å². The Morgan fingerprint density at radius 3 is 2.27 bits per heavy atom. The molecule has 0 saturated carbocycles. The Morgan fingerprint density at radius 2 is 1.64 bits per heavy atom. The maximum absolute atomic E-state index is 4.93. The summed E-state index contributed by atoms with van der Waals surface area (Å²) >= 11 is -0.826. The predicted molar refractivity (Wildman–Crippen MR) is 94.4 cm³/mol. The Bertz CT molecular complexity index is 633. The molecule has 113 valence electrons. The second-order valence-electron chi connectivity index (χ2n) is 5.71. The van der Waals surface area contributed by atoms with Crippen LogP contribution in [0.5, 0.6) is 0 Å². The van der Waals surface area contributed by atoms with Gasteiger partial charge < -0.3 is 0 Å². The Balaban J connectivity index is 0.000000545. The van der Waals surface area contributed by atoms with E-state index in [1.165, 1.54) is 27.8 Å². The van der Waals surface area contributed by atoms with E-state index in [0.717, 1.165) is 6.42 Å². The third-order valence-corrected chi connectivity index (χ3v) is 3.54. The Kier molecular flexibility index (Phi) is 7.41. The summed E-state index contributed by atoms with van der Waals surface area (Å²) in [6.45, 7) is 4.55. The summed E-state index contributed by atoms with van der Waals surface area (Å²) in [6, 6.07) is 17.2. The van der Waals surface area contributed by atoms with Crippen LogP contribution in [0.2, 0.25) is 0 Å². The summed E-state index contributed by atoms with van der Waals surface area (Å²) in [6.07, 6.45) is 5.85. The second kappa shape index (κ2) is 9.06. The molecule has 0 unspecified atom stereocenters. The molecule has 0 heterocycles. The van der Waals surface area contributed by atoms with Gasteiger partial charge in [-0.05, 0) is 34.6 Å². The quantitative estimate of drug-likeness (QED) is 0.527. The maximum atomic E-state index is 4.93. The van der Waals surface area contributed by atoms with E-state index >= 15 is 0 Å². The van der Waals surface area contributed by atoms with Crippen LogP contribution < -0.4 is 0 Å². The molecule has 2 aromatic carbocycles. The van der Waals surface area contributed by atoms with E-state index in [-0.39, 0.29) is 0 Å². The SMILES string of the molecule is CC(C)CC1=Cc2c(cccc2-c2ccccc2)[CH]1.[Cl][Zr][Cl]. The third-order valence-electron chi connectivity index (χ3n) is 3.54. The summed E-state index contributed by atoms with van der Waals surface area (Å²) in [5.41, 5.74) is 6.83. The third kappa shape index (κ3) is 4.82. The first-order valence-electron chi connectivity index (χ1n) is 7.35. The van der Waals surface area contributed by atoms with Gasteiger partial charge in [0.15, 0.2) is 0 Å². The molecular weight excluding hydrogens is 390 g/mol. The van der Waals surface area contributed by atoms with E-state index in [4.69, 9.17) is 17.0 Å². The summed E-state index contributed by atoms with van der Waals surface area (Å²) < 4.78 is 0. The van der Waals surface area contributed by atoms with Crippen molar-refractivity contribution in [1.82, 2.24) is 0 Å². The first-order chi connectivity index (χ1) is 10.7. The molecule has 0 spiro atoms. The zero-order valence-electron chi connectivity index (χ0n) is 12.8. The van der Waals surface area contributed by atoms with Crippen LogP contribution in [0.15, 0.2) is 54.1 Å². The average molecular weight is 409 g/mol. The monoisotopic (exact) mass is 407 g/mol. The topological polar surface area (TPSA) is 0 Å². The van der Waals surface area contributed by atoms with Gasteiger partial charge in [-0.1, -0.05) is 74.0 Å². The van der Waals surface area contributed by atoms with Crippen LogP contribution in [0.3, 0.4) is 0 Å². The van der Waals surface area contributed by atoms with E-state index in [1.54, 1.807) is 0 Å². The van der Waals surface area contributed by atoms with Gasteiger partial charge in [0.25, 0.3) is 0 Å². The summed E-state index contributed by atoms with van der Waals surface area (Å²) in [5, 5.41) is 0. The van der Waals surface area contributed by atoms with Gasteiger partial charge >= 0.3 is 37.9 Å². The Morgan fingerprint density at radius 1 is 0.955 bits per heavy atom. The summed E-state index contributed by atoms with van der Waals surface area (Å²) in [7, 11) is 9.87. The van der Waals surface area contributed by atoms with Crippen molar-refractivity contribution in [3.8, 4) is 11.1 Å². The number of allylic oxidation sites excluding steroid dienone is 1. The van der Waals surface area contributed by atoms with E-state index in [1.807, 2.05) is 0 Å². The minimum absolute atomic E-state index is 0.706. The van der Waals surface area contributed by atoms with Crippen molar-refractivity contribution in [2.45, 2.75) is 20.3 Å². The fourth-order valence-electron chi connectivity index (χ4n) is 2.76. The van der Waals surface area contributed by atoms with Crippen molar-refractivity contribution >= 4 is 23.1 Å². The molecule has 0 aliphatic heterocycles. The molecule has 2 aromatic rings. The zero-order chi connectivity index (χ0) is 15.9. The van der Waals surface area contributed by atoms with Crippen LogP contribution in [0.4, 0.5) is 0 Å². The van der Waals surface area contributed by atoms with Crippen LogP contribution in [-0.4, -0.2) is 0 Å². The van der Waals surface area contributed by atoms with Gasteiger partial charge in [-0.3, -0.25) is 0 Å². The van der Waals surface area contributed by atoms with Gasteiger partial charge in [0.2, 0.25) is 0 Å². The fraction of sp³-hybridized carbons (Fsp3) is 0.211. The van der Waals surface area contributed by atoms with Gasteiger partial charge in [0.05, 0.1) is 0 Å². The molecule has 0 bridgehead atoms. The van der Waals surface area contributed by atoms with E-state index in [9.17, 15) is 0 Å². The van der Waals surface area contributed by atoms with Gasteiger partial charge in [-0.25, -0.2) is 0 Å². The van der Waals surface area contributed by atoms with E-state index in [2.05, 4.69) is 74.9 Å². The second-order valence-corrected chi connectivity index (χ2v) is 9.44. The van der Waals surface area contributed by atoms with Crippen molar-refractivity contribution in [3.63, 3.8) is 0 Å². The van der Waals surface area contributed by atoms with Crippen LogP contribution in [-0.2, 0) is 20.8 Å². The van der Waals surface area contributed by atoms with Crippen LogP contribution in [0.1, 0.15) is 31.4 Å². The molecule has 0 N–H and O–H groups in total. The van der Waals surface area contributed by atoms with Crippen molar-refractivity contribution in [3.05, 3.63) is 71.7 Å². The number of hydrogen-bond acceptors (Lipinski definition) is 0. The predicted octanol–water partition coefficient (Wildman–Crippen LogP) is 6.73. The number of hydrogen-bond donors (Lipinski definition) is 0. The summed E-state index contributed by atoms with van der Waals surface area (Å²) in [5.74, 6) is 0.706. The molecule has 3 rings (SSSR count). The molecule has 0 saturated heterocycles. The molecule has 1 aliphatic carbocycles. The van der Waals surface area contributed by atoms with Crippen LogP contribution in [0, 0.1) is 12.3 Å². The van der Waals surface area contributed by atoms with Crippen LogP contribution >= 0.6 is 17.0 Å². The molecule has 0 fully saturated rings. The molecule has 0 amide bonds. The number of halogens is 2. The normalized spacial score (nSPS) is 12.3. The summed E-state index contributed by atoms with van der Waals surface area (Å²) in [4.78, 5) is 0. The molecule has 22 heavy (non-hydrogen) atoms. The van der Waals surface area contributed by atoms with Crippen LogP contribution in [0.25, 0.3) is 17.2 Å². The molecular formula is C19H19Cl2Zr. The van der Waals surface area contributed by atoms with E-state index in [0.29, 0.717) is 5.92 Å². The first kappa shape index (κ1) is 18.0.